The Labute approximate surface area is 90.4 Å². The van der Waals surface area contributed by atoms with Gasteiger partial charge >= 0.3 is 5.97 Å². The smallest absolute Gasteiger partial charge is 0.322 e. The van der Waals surface area contributed by atoms with Crippen molar-refractivity contribution in [2.75, 3.05) is 26.7 Å². The number of carbonyl (C=O) groups is 1. The summed E-state index contributed by atoms with van der Waals surface area (Å²) in [5.41, 5.74) is 0. The van der Waals surface area contributed by atoms with E-state index in [1.165, 1.54) is 0 Å². The molecule has 5 nitrogen and oxygen atoms in total. The highest BCUT2D eigenvalue weighted by Crippen LogP contribution is 2.11. The predicted molar refractivity (Wildman–Crippen MR) is 56.9 cm³/mol. The molecule has 1 rings (SSSR count). The molecule has 0 amide bonds. The van der Waals surface area contributed by atoms with Crippen LogP contribution in [0.1, 0.15) is 13.8 Å². The van der Waals surface area contributed by atoms with Crippen molar-refractivity contribution in [2.45, 2.75) is 32.0 Å². The van der Waals surface area contributed by atoms with Gasteiger partial charge in [0.05, 0.1) is 12.7 Å². The van der Waals surface area contributed by atoms with E-state index in [2.05, 4.69) is 17.1 Å². The summed E-state index contributed by atoms with van der Waals surface area (Å²) in [5.74, 6) is -0.802. The van der Waals surface area contributed by atoms with Gasteiger partial charge in [0, 0.05) is 19.1 Å². The molecule has 88 valence electrons. The standard InChI is InChI=1S/C10H20N2O3/c1-7-6-15-8(2)4-12(7)5-9(11-3)10(13)14/h7-9,11H,4-6H2,1-3H3,(H,13,14). The van der Waals surface area contributed by atoms with Crippen LogP contribution in [0.4, 0.5) is 0 Å². The number of nitrogens with one attached hydrogen (secondary N) is 1. The third kappa shape index (κ3) is 3.44. The molecule has 0 aromatic rings. The number of likely N-dealkylation sites (N-methyl/N-ethyl adjacent to an activating group) is 1. The van der Waals surface area contributed by atoms with Crippen molar-refractivity contribution < 1.29 is 14.6 Å². The average molecular weight is 216 g/mol. The number of morpholine rings is 1. The fourth-order valence-electron chi connectivity index (χ4n) is 1.75. The van der Waals surface area contributed by atoms with E-state index < -0.39 is 12.0 Å². The molecule has 15 heavy (non-hydrogen) atoms. The minimum Gasteiger partial charge on any atom is -0.480 e. The van der Waals surface area contributed by atoms with Crippen LogP contribution in [0.15, 0.2) is 0 Å². The topological polar surface area (TPSA) is 61.8 Å². The second kappa shape index (κ2) is 5.44. The van der Waals surface area contributed by atoms with Crippen molar-refractivity contribution in [3.63, 3.8) is 0 Å². The molecule has 2 N–H and O–H groups in total. The van der Waals surface area contributed by atoms with Crippen LogP contribution in [0.5, 0.6) is 0 Å². The van der Waals surface area contributed by atoms with E-state index in [1.54, 1.807) is 7.05 Å². The second-order valence-electron chi connectivity index (χ2n) is 4.13. The molecule has 3 unspecified atom stereocenters. The maximum absolute atomic E-state index is 10.9. The third-order valence-corrected chi connectivity index (χ3v) is 2.80. The molecule has 0 bridgehead atoms. The van der Waals surface area contributed by atoms with Crippen LogP contribution in [0, 0.1) is 0 Å². The van der Waals surface area contributed by atoms with Crippen LogP contribution < -0.4 is 5.32 Å². The third-order valence-electron chi connectivity index (χ3n) is 2.80. The monoisotopic (exact) mass is 216 g/mol. The summed E-state index contributed by atoms with van der Waals surface area (Å²) in [6.45, 7) is 6.07. The van der Waals surface area contributed by atoms with Crippen molar-refractivity contribution >= 4 is 5.97 Å². The van der Waals surface area contributed by atoms with Crippen molar-refractivity contribution in [1.82, 2.24) is 10.2 Å². The minimum absolute atomic E-state index is 0.188. The number of hydrogen-bond donors (Lipinski definition) is 2. The van der Waals surface area contributed by atoms with E-state index in [4.69, 9.17) is 9.84 Å². The Morgan fingerprint density at radius 3 is 2.87 bits per heavy atom. The van der Waals surface area contributed by atoms with Gasteiger partial charge in [0.2, 0.25) is 0 Å². The first kappa shape index (κ1) is 12.4. The number of rotatable bonds is 4. The van der Waals surface area contributed by atoms with Crippen LogP contribution >= 0.6 is 0 Å². The quantitative estimate of drug-likeness (QED) is 0.679. The predicted octanol–water partition coefficient (Wildman–Crippen LogP) is -0.232. The number of ether oxygens (including phenoxy) is 1. The number of nitrogens with zero attached hydrogens (tertiary/aromatic N) is 1. The van der Waals surface area contributed by atoms with Gasteiger partial charge in [0.15, 0.2) is 0 Å². The van der Waals surface area contributed by atoms with Gasteiger partial charge < -0.3 is 15.2 Å². The molecule has 0 saturated carbocycles. The molecule has 1 heterocycles. The van der Waals surface area contributed by atoms with E-state index in [-0.39, 0.29) is 12.1 Å². The van der Waals surface area contributed by atoms with E-state index in [9.17, 15) is 4.79 Å². The largest absolute Gasteiger partial charge is 0.480 e. The lowest BCUT2D eigenvalue weighted by Gasteiger charge is -2.37. The first-order chi connectivity index (χ1) is 7.04. The van der Waals surface area contributed by atoms with Crippen molar-refractivity contribution in [2.24, 2.45) is 0 Å². The van der Waals surface area contributed by atoms with Crippen LogP contribution in [0.3, 0.4) is 0 Å². The zero-order chi connectivity index (χ0) is 11.4. The normalized spacial score (nSPS) is 30.1. The minimum atomic E-state index is -0.802. The van der Waals surface area contributed by atoms with Crippen molar-refractivity contribution in [3.05, 3.63) is 0 Å². The lowest BCUT2D eigenvalue weighted by molar-refractivity contribution is -0.141. The van der Waals surface area contributed by atoms with Crippen LogP contribution in [0.2, 0.25) is 0 Å². The maximum Gasteiger partial charge on any atom is 0.322 e. The maximum atomic E-state index is 10.9. The molecule has 1 aliphatic heterocycles. The van der Waals surface area contributed by atoms with E-state index in [1.807, 2.05) is 6.92 Å². The molecule has 0 radical (unpaired) electrons. The summed E-state index contributed by atoms with van der Waals surface area (Å²) >= 11 is 0. The first-order valence-electron chi connectivity index (χ1n) is 5.30. The lowest BCUT2D eigenvalue weighted by atomic mass is 10.1. The molecule has 1 fully saturated rings. The Bertz CT molecular complexity index is 223. The summed E-state index contributed by atoms with van der Waals surface area (Å²) in [6, 6.07) is -0.214. The second-order valence-corrected chi connectivity index (χ2v) is 4.13. The highest BCUT2D eigenvalue weighted by atomic mass is 16.5. The van der Waals surface area contributed by atoms with E-state index in [0.717, 1.165) is 6.54 Å². The van der Waals surface area contributed by atoms with Gasteiger partial charge in [-0.15, -0.1) is 0 Å². The number of hydrogen-bond acceptors (Lipinski definition) is 4. The van der Waals surface area contributed by atoms with E-state index >= 15 is 0 Å². The number of carboxylic acids is 1. The molecule has 0 spiro atoms. The Balaban J connectivity index is 2.50. The lowest BCUT2D eigenvalue weighted by Crippen LogP contribution is -2.53. The molecule has 5 heteroatoms. The molecular weight excluding hydrogens is 196 g/mol. The Morgan fingerprint density at radius 1 is 1.67 bits per heavy atom. The molecular formula is C10H20N2O3. The zero-order valence-corrected chi connectivity index (χ0v) is 9.56. The first-order valence-corrected chi connectivity index (χ1v) is 5.30. The Kier molecular flexibility index (Phi) is 4.50. The molecule has 1 aliphatic rings. The summed E-state index contributed by atoms with van der Waals surface area (Å²) in [4.78, 5) is 13.0. The van der Waals surface area contributed by atoms with Crippen LogP contribution in [-0.4, -0.2) is 60.9 Å². The van der Waals surface area contributed by atoms with Crippen molar-refractivity contribution in [3.8, 4) is 0 Å². The summed E-state index contributed by atoms with van der Waals surface area (Å²) in [7, 11) is 1.67. The van der Waals surface area contributed by atoms with Crippen LogP contribution in [0.25, 0.3) is 0 Å². The fraction of sp³-hybridized carbons (Fsp3) is 0.900. The van der Waals surface area contributed by atoms with Gasteiger partial charge in [-0.1, -0.05) is 0 Å². The number of aliphatic carboxylic acids is 1. The van der Waals surface area contributed by atoms with Crippen LogP contribution in [-0.2, 0) is 9.53 Å². The van der Waals surface area contributed by atoms with Gasteiger partial charge in [0.25, 0.3) is 0 Å². The summed E-state index contributed by atoms with van der Waals surface area (Å²) < 4.78 is 5.49. The van der Waals surface area contributed by atoms with E-state index in [0.29, 0.717) is 13.2 Å². The van der Waals surface area contributed by atoms with Gasteiger partial charge in [-0.3, -0.25) is 9.69 Å². The molecule has 0 aliphatic carbocycles. The highest BCUT2D eigenvalue weighted by Gasteiger charge is 2.27. The van der Waals surface area contributed by atoms with Gasteiger partial charge in [-0.2, -0.15) is 0 Å². The highest BCUT2D eigenvalue weighted by molar-refractivity contribution is 5.73. The molecule has 1 saturated heterocycles. The Hall–Kier alpha value is -0.650. The molecule has 0 aromatic carbocycles. The molecule has 0 aromatic heterocycles. The summed E-state index contributed by atoms with van der Waals surface area (Å²) in [5, 5.41) is 11.7. The average Bonchev–Trinajstić information content (AvgIpc) is 2.18. The summed E-state index contributed by atoms with van der Waals surface area (Å²) in [6.07, 6.45) is 0.188. The van der Waals surface area contributed by atoms with Gasteiger partial charge in [0.1, 0.15) is 6.04 Å². The Morgan fingerprint density at radius 2 is 2.33 bits per heavy atom. The number of carboxylic acid groups (broad SMARTS) is 1. The van der Waals surface area contributed by atoms with Gasteiger partial charge in [-0.05, 0) is 20.9 Å². The van der Waals surface area contributed by atoms with Gasteiger partial charge in [-0.25, -0.2) is 0 Å². The SMILES string of the molecule is CNC(CN1CC(C)OCC1C)C(=O)O. The molecule has 3 atom stereocenters. The fourth-order valence-corrected chi connectivity index (χ4v) is 1.75. The zero-order valence-electron chi connectivity index (χ0n) is 9.56. The van der Waals surface area contributed by atoms with Crippen molar-refractivity contribution in [1.29, 1.82) is 0 Å².